The van der Waals surface area contributed by atoms with Crippen LogP contribution in [0.2, 0.25) is 0 Å². The predicted molar refractivity (Wildman–Crippen MR) is 121 cm³/mol. The van der Waals surface area contributed by atoms with Gasteiger partial charge in [-0.05, 0) is 45.3 Å². The van der Waals surface area contributed by atoms with Crippen LogP contribution in [0.5, 0.6) is 0 Å². The molecule has 26 heavy (non-hydrogen) atoms. The molecule has 0 radical (unpaired) electrons. The lowest BCUT2D eigenvalue weighted by molar-refractivity contribution is 0.270. The van der Waals surface area contributed by atoms with E-state index in [0.717, 1.165) is 25.9 Å². The molecule has 0 saturated carbocycles. The number of nitrogens with one attached hydrogen (secondary N) is 1. The van der Waals surface area contributed by atoms with Gasteiger partial charge in [0.05, 0.1) is 5.69 Å². The molecule has 0 atom stereocenters. The first kappa shape index (κ1) is 32.5. The zero-order valence-electron chi connectivity index (χ0n) is 19.5. The first-order valence-corrected chi connectivity index (χ1v) is 11.0. The third-order valence-electron chi connectivity index (χ3n) is 3.04. The summed E-state index contributed by atoms with van der Waals surface area (Å²) in [6, 6.07) is 1.38. The van der Waals surface area contributed by atoms with Crippen molar-refractivity contribution in [2.75, 3.05) is 31.5 Å². The maximum absolute atomic E-state index is 11.0. The summed E-state index contributed by atoms with van der Waals surface area (Å²) in [6.07, 6.45) is 4.55. The van der Waals surface area contributed by atoms with Gasteiger partial charge in [-0.3, -0.25) is 9.59 Å². The minimum Gasteiger partial charge on any atom is -0.382 e. The second kappa shape index (κ2) is 28.6. The number of hydrogen-bond donors (Lipinski definition) is 1. The van der Waals surface area contributed by atoms with Crippen molar-refractivity contribution in [2.45, 2.75) is 94.9 Å². The molecule has 1 aromatic carbocycles. The van der Waals surface area contributed by atoms with Crippen LogP contribution in [0.3, 0.4) is 0 Å². The Bertz CT molecular complexity index is 404. The van der Waals surface area contributed by atoms with Gasteiger partial charge in [-0.2, -0.15) is 0 Å². The van der Waals surface area contributed by atoms with Crippen molar-refractivity contribution in [1.29, 1.82) is 0 Å². The summed E-state index contributed by atoms with van der Waals surface area (Å²) in [6.45, 7) is 24.6. The van der Waals surface area contributed by atoms with E-state index in [1.165, 1.54) is 32.0 Å². The van der Waals surface area contributed by atoms with E-state index in [1.54, 1.807) is 0 Å². The van der Waals surface area contributed by atoms with E-state index in [2.05, 4.69) is 24.1 Å². The Morgan fingerprint density at radius 3 is 1.58 bits per heavy atom. The molecule has 0 bridgehead atoms. The maximum atomic E-state index is 11.0. The molecular weight excluding hydrogens is 324 g/mol. The largest absolute Gasteiger partial charge is 0.382 e. The summed E-state index contributed by atoms with van der Waals surface area (Å²) >= 11 is 0. The lowest BCUT2D eigenvalue weighted by Crippen LogP contribution is -2.32. The van der Waals surface area contributed by atoms with Crippen LogP contribution in [0.4, 0.5) is 5.69 Å². The fourth-order valence-corrected chi connectivity index (χ4v) is 2.10. The normalized spacial score (nSPS) is 8.73. The van der Waals surface area contributed by atoms with Crippen LogP contribution in [0, 0.1) is 0 Å². The predicted octanol–water partition coefficient (Wildman–Crippen LogP) is 5.70. The van der Waals surface area contributed by atoms with Gasteiger partial charge >= 0.3 is 0 Å². The molecule has 0 unspecified atom stereocenters. The quantitative estimate of drug-likeness (QED) is 0.422. The number of rotatable bonds is 10. The Hall–Kier alpha value is -1.16. The number of anilines is 1. The Morgan fingerprint density at radius 1 is 0.769 bits per heavy atom. The molecule has 0 aliphatic rings. The second-order valence-corrected chi connectivity index (χ2v) is 4.73. The van der Waals surface area contributed by atoms with Crippen molar-refractivity contribution in [2.24, 2.45) is 0 Å². The summed E-state index contributed by atoms with van der Waals surface area (Å²) in [7, 11) is 0. The van der Waals surface area contributed by atoms with E-state index in [0.29, 0.717) is 5.69 Å². The molecule has 0 saturated heterocycles. The molecule has 158 valence electrons. The molecule has 0 amide bonds. The minimum atomic E-state index is -0.380. The van der Waals surface area contributed by atoms with Gasteiger partial charge in [0.2, 0.25) is 10.9 Å². The molecule has 0 aliphatic carbocycles. The zero-order valence-corrected chi connectivity index (χ0v) is 19.5. The van der Waals surface area contributed by atoms with Gasteiger partial charge in [0.1, 0.15) is 0 Å². The fraction of sp³-hybridized carbons (Fsp3) is 0.818. The summed E-state index contributed by atoms with van der Waals surface area (Å²) in [5, 5.41) is 3.01. The van der Waals surface area contributed by atoms with Crippen LogP contribution in [0.1, 0.15) is 94.9 Å². The van der Waals surface area contributed by atoms with E-state index in [9.17, 15) is 9.59 Å². The van der Waals surface area contributed by atoms with Gasteiger partial charge in [-0.25, -0.2) is 0 Å². The summed E-state index contributed by atoms with van der Waals surface area (Å²) in [5.74, 6) is 0. The van der Waals surface area contributed by atoms with E-state index < -0.39 is 0 Å². The maximum Gasteiger partial charge on any atom is 0.248 e. The lowest BCUT2D eigenvalue weighted by atomic mass is 10.2. The van der Waals surface area contributed by atoms with Gasteiger partial charge in [0, 0.05) is 12.6 Å². The standard InChI is InChI=1S/C14H24N2O2.4C2H6/c1-3-8-16(9-4-2)10-6-5-7-15-12-11-13(17)14(12)18;4*1-2/h11,15H,3-10H2,1-2H3;4*1-2H3. The van der Waals surface area contributed by atoms with Crippen molar-refractivity contribution in [3.63, 3.8) is 0 Å². The lowest BCUT2D eigenvalue weighted by Gasteiger charge is -2.20. The summed E-state index contributed by atoms with van der Waals surface area (Å²) < 4.78 is 0. The molecule has 1 N–H and O–H groups in total. The molecule has 0 aliphatic heterocycles. The topological polar surface area (TPSA) is 49.4 Å². The highest BCUT2D eigenvalue weighted by Crippen LogP contribution is 2.00. The molecular formula is C22H48N2O2. The van der Waals surface area contributed by atoms with E-state index in [4.69, 9.17) is 0 Å². The van der Waals surface area contributed by atoms with Crippen LogP contribution < -0.4 is 16.2 Å². The van der Waals surface area contributed by atoms with Crippen molar-refractivity contribution in [3.05, 3.63) is 26.5 Å². The zero-order chi connectivity index (χ0) is 21.4. The van der Waals surface area contributed by atoms with Gasteiger partial charge in [-0.15, -0.1) is 0 Å². The average Bonchev–Trinajstić information content (AvgIpc) is 2.73. The molecule has 0 aromatic heterocycles. The first-order chi connectivity index (χ1) is 12.7. The smallest absolute Gasteiger partial charge is 0.248 e. The van der Waals surface area contributed by atoms with Gasteiger partial charge in [-0.1, -0.05) is 69.2 Å². The van der Waals surface area contributed by atoms with E-state index in [1.807, 2.05) is 55.4 Å². The Labute approximate surface area is 164 Å². The molecule has 1 aromatic rings. The minimum absolute atomic E-state index is 0.367. The molecule has 0 spiro atoms. The van der Waals surface area contributed by atoms with Crippen molar-refractivity contribution >= 4 is 5.69 Å². The van der Waals surface area contributed by atoms with Crippen LogP contribution in [-0.2, 0) is 0 Å². The summed E-state index contributed by atoms with van der Waals surface area (Å²) in [4.78, 5) is 24.2. The number of nitrogens with zero attached hydrogens (tertiary/aromatic N) is 1. The van der Waals surface area contributed by atoms with Gasteiger partial charge in [0.15, 0.2) is 0 Å². The first-order valence-electron chi connectivity index (χ1n) is 11.0. The van der Waals surface area contributed by atoms with E-state index in [-0.39, 0.29) is 10.9 Å². The molecule has 0 heterocycles. The van der Waals surface area contributed by atoms with Crippen molar-refractivity contribution in [3.8, 4) is 0 Å². The van der Waals surface area contributed by atoms with Crippen LogP contribution >= 0.6 is 0 Å². The van der Waals surface area contributed by atoms with Crippen LogP contribution in [0.15, 0.2) is 15.7 Å². The Morgan fingerprint density at radius 2 is 1.23 bits per heavy atom. The molecule has 1 rings (SSSR count). The molecule has 4 nitrogen and oxygen atoms in total. The Kier molecular flexibility index (Phi) is 35.8. The van der Waals surface area contributed by atoms with Gasteiger partial charge < -0.3 is 10.2 Å². The van der Waals surface area contributed by atoms with Gasteiger partial charge in [0.25, 0.3) is 0 Å². The third-order valence-corrected chi connectivity index (χ3v) is 3.04. The highest BCUT2D eigenvalue weighted by atomic mass is 16.2. The van der Waals surface area contributed by atoms with Crippen LogP contribution in [-0.4, -0.2) is 31.1 Å². The average molecular weight is 373 g/mol. The van der Waals surface area contributed by atoms with Crippen molar-refractivity contribution in [1.82, 2.24) is 4.90 Å². The highest BCUT2D eigenvalue weighted by molar-refractivity contribution is 5.46. The van der Waals surface area contributed by atoms with Crippen LogP contribution in [0.25, 0.3) is 0 Å². The SMILES string of the molecule is CC.CC.CC.CC.CCCN(CCC)CCCCNc1cc(=O)c1=O. The summed E-state index contributed by atoms with van der Waals surface area (Å²) in [5.41, 5.74) is -0.262. The molecule has 0 fully saturated rings. The Balaban J connectivity index is -0.000000266. The fourth-order valence-electron chi connectivity index (χ4n) is 2.10. The van der Waals surface area contributed by atoms with E-state index >= 15 is 0 Å². The third kappa shape index (κ3) is 17.7. The second-order valence-electron chi connectivity index (χ2n) is 4.73. The van der Waals surface area contributed by atoms with Crippen molar-refractivity contribution < 1.29 is 0 Å². The highest BCUT2D eigenvalue weighted by Gasteiger charge is 2.07. The number of hydrogen-bond acceptors (Lipinski definition) is 4. The number of unbranched alkanes of at least 4 members (excludes halogenated alkanes) is 1. The molecule has 4 heteroatoms. The monoisotopic (exact) mass is 372 g/mol.